The van der Waals surface area contributed by atoms with Gasteiger partial charge in [-0.15, -0.1) is 0 Å². The van der Waals surface area contributed by atoms with Crippen LogP contribution in [0.25, 0.3) is 15.9 Å². The molecule has 2 aromatic heterocycles. The quantitative estimate of drug-likeness (QED) is 0.444. The second-order valence-corrected chi connectivity index (χ2v) is 10.6. The molecular formula is C25H32ClN7O2. The Balaban J connectivity index is 1.70. The Hall–Kier alpha value is -3.06. The van der Waals surface area contributed by atoms with Crippen LogP contribution in [0.15, 0.2) is 29.1 Å². The molecule has 4 rings (SSSR count). The number of fused-ring (bicyclic) bond motifs is 1. The molecule has 0 spiro atoms. The predicted octanol–water partition coefficient (Wildman–Crippen LogP) is 4.02. The van der Waals surface area contributed by atoms with Gasteiger partial charge in [-0.25, -0.2) is 14.6 Å². The molecule has 2 unspecified atom stereocenters. The summed E-state index contributed by atoms with van der Waals surface area (Å²) in [7, 11) is 1.73. The third-order valence-electron chi connectivity index (χ3n) is 6.40. The lowest BCUT2D eigenvalue weighted by molar-refractivity contribution is 0.0662. The van der Waals surface area contributed by atoms with Crippen LogP contribution in [0.4, 0.5) is 23.0 Å². The Morgan fingerprint density at radius 3 is 2.71 bits per heavy atom. The Labute approximate surface area is 209 Å². The Morgan fingerprint density at radius 2 is 2.06 bits per heavy atom. The summed E-state index contributed by atoms with van der Waals surface area (Å²) >= 11 is 6.51. The number of nitrogens with one attached hydrogen (secondary N) is 1. The van der Waals surface area contributed by atoms with Gasteiger partial charge in [0.25, 0.3) is 0 Å². The summed E-state index contributed by atoms with van der Waals surface area (Å²) in [5, 5.41) is 13.8. The molecule has 9 nitrogen and oxygen atoms in total. The van der Waals surface area contributed by atoms with Gasteiger partial charge in [0.15, 0.2) is 0 Å². The molecule has 1 fully saturated rings. The Morgan fingerprint density at radius 1 is 1.31 bits per heavy atom. The molecular weight excluding hydrogens is 466 g/mol. The van der Waals surface area contributed by atoms with E-state index in [1.165, 1.54) is 0 Å². The van der Waals surface area contributed by atoms with Gasteiger partial charge in [0.1, 0.15) is 11.6 Å². The van der Waals surface area contributed by atoms with Crippen LogP contribution in [0.5, 0.6) is 0 Å². The first-order valence-electron chi connectivity index (χ1n) is 11.7. The number of halogens is 1. The number of aromatic nitrogens is 3. The first kappa shape index (κ1) is 25.0. The second kappa shape index (κ2) is 9.53. The molecule has 0 radical (unpaired) electrons. The monoisotopic (exact) mass is 497 g/mol. The summed E-state index contributed by atoms with van der Waals surface area (Å²) in [5.41, 5.74) is 7.84. The van der Waals surface area contributed by atoms with Gasteiger partial charge in [-0.1, -0.05) is 18.5 Å². The van der Waals surface area contributed by atoms with E-state index in [-0.39, 0.29) is 11.7 Å². The number of anilines is 3. The van der Waals surface area contributed by atoms with Crippen molar-refractivity contribution in [1.82, 2.24) is 14.1 Å². The van der Waals surface area contributed by atoms with E-state index in [1.54, 1.807) is 36.1 Å². The Kier molecular flexibility index (Phi) is 6.82. The zero-order valence-corrected chi connectivity index (χ0v) is 21.3. The van der Waals surface area contributed by atoms with E-state index in [4.69, 9.17) is 28.9 Å². The van der Waals surface area contributed by atoms with Crippen LogP contribution >= 0.6 is 11.6 Å². The van der Waals surface area contributed by atoms with Gasteiger partial charge in [-0.2, -0.15) is 0 Å². The number of aliphatic hydroxyl groups is 1. The number of benzene rings is 1. The number of imidazole rings is 1. The summed E-state index contributed by atoms with van der Waals surface area (Å²) in [4.78, 5) is 23.2. The maximum absolute atomic E-state index is 12.8. The van der Waals surface area contributed by atoms with Gasteiger partial charge in [-0.3, -0.25) is 9.13 Å². The lowest BCUT2D eigenvalue weighted by Crippen LogP contribution is -2.46. The van der Waals surface area contributed by atoms with Crippen molar-refractivity contribution in [2.24, 2.45) is 18.7 Å². The van der Waals surface area contributed by atoms with Gasteiger partial charge < -0.3 is 21.1 Å². The minimum atomic E-state index is -0.884. The van der Waals surface area contributed by atoms with Crippen LogP contribution in [0.1, 0.15) is 33.6 Å². The smallest absolute Gasteiger partial charge is 0.328 e. The summed E-state index contributed by atoms with van der Waals surface area (Å²) in [6, 6.07) is 7.26. The molecule has 35 heavy (non-hydrogen) atoms. The minimum Gasteiger partial charge on any atom is -0.390 e. The lowest BCUT2D eigenvalue weighted by Gasteiger charge is -2.36. The molecule has 0 bridgehead atoms. The van der Waals surface area contributed by atoms with E-state index in [2.05, 4.69) is 22.0 Å². The maximum Gasteiger partial charge on any atom is 0.328 e. The fraction of sp³-hybridized carbons (Fsp3) is 0.480. The van der Waals surface area contributed by atoms with Crippen molar-refractivity contribution in [1.29, 1.82) is 0 Å². The number of nitrogens with two attached hydrogens (primary N) is 1. The summed E-state index contributed by atoms with van der Waals surface area (Å²) < 4.78 is 3.26. The Bertz CT molecular complexity index is 1340. The second-order valence-electron chi connectivity index (χ2n) is 10.2. The largest absolute Gasteiger partial charge is 0.390 e. The van der Waals surface area contributed by atoms with E-state index in [9.17, 15) is 9.90 Å². The predicted molar refractivity (Wildman–Crippen MR) is 141 cm³/mol. The van der Waals surface area contributed by atoms with Crippen molar-refractivity contribution in [3.63, 3.8) is 0 Å². The van der Waals surface area contributed by atoms with Crippen molar-refractivity contribution in [2.45, 2.75) is 51.8 Å². The summed E-state index contributed by atoms with van der Waals surface area (Å²) in [5.74, 6) is 1.39. The number of pyridine rings is 1. The molecule has 0 amide bonds. The molecule has 0 aliphatic carbocycles. The number of aryl methyl sites for hydroxylation is 2. The topological polar surface area (TPSA) is 106 Å². The maximum atomic E-state index is 12.8. The van der Waals surface area contributed by atoms with Crippen molar-refractivity contribution >= 4 is 45.6 Å². The zero-order chi connectivity index (χ0) is 25.5. The summed E-state index contributed by atoms with van der Waals surface area (Å²) in [6.07, 6.45) is 1.38. The number of hydrogen-bond donors (Lipinski definition) is 3. The van der Waals surface area contributed by atoms with Crippen LogP contribution in [-0.2, 0) is 13.6 Å². The lowest BCUT2D eigenvalue weighted by atomic mass is 9.96. The molecule has 186 valence electrons. The van der Waals surface area contributed by atoms with Gasteiger partial charge in [-0.05, 0) is 56.9 Å². The zero-order valence-electron chi connectivity index (χ0n) is 20.5. The number of rotatable bonds is 6. The molecule has 2 atom stereocenters. The van der Waals surface area contributed by atoms with E-state index >= 15 is 0 Å². The molecule has 10 heteroatoms. The first-order valence-corrected chi connectivity index (χ1v) is 12.1. The van der Waals surface area contributed by atoms with Crippen molar-refractivity contribution in [2.75, 3.05) is 23.3 Å². The minimum absolute atomic E-state index is 0.0207. The third kappa shape index (κ3) is 5.30. The first-order chi connectivity index (χ1) is 16.5. The molecule has 1 aromatic carbocycles. The van der Waals surface area contributed by atoms with Crippen LogP contribution < -0.4 is 21.6 Å². The van der Waals surface area contributed by atoms with E-state index in [0.29, 0.717) is 53.5 Å². The van der Waals surface area contributed by atoms with Crippen LogP contribution in [0.2, 0.25) is 5.02 Å². The van der Waals surface area contributed by atoms with E-state index in [1.807, 2.05) is 18.2 Å². The van der Waals surface area contributed by atoms with Gasteiger partial charge in [0, 0.05) is 38.4 Å². The average molecular weight is 498 g/mol. The van der Waals surface area contributed by atoms with Crippen LogP contribution in [0.3, 0.4) is 0 Å². The fourth-order valence-electron chi connectivity index (χ4n) is 4.67. The molecule has 4 N–H and O–H groups in total. The van der Waals surface area contributed by atoms with E-state index in [0.717, 1.165) is 24.0 Å². The summed E-state index contributed by atoms with van der Waals surface area (Å²) in [6.45, 7) is 15.0. The van der Waals surface area contributed by atoms with Gasteiger partial charge in [0.05, 0.1) is 28.2 Å². The highest BCUT2D eigenvalue weighted by Gasteiger charge is 2.26. The molecule has 1 aliphatic heterocycles. The third-order valence-corrected chi connectivity index (χ3v) is 6.69. The van der Waals surface area contributed by atoms with Crippen molar-refractivity contribution in [3.8, 4) is 0 Å². The highest BCUT2D eigenvalue weighted by atomic mass is 35.5. The van der Waals surface area contributed by atoms with Crippen molar-refractivity contribution in [3.05, 3.63) is 51.2 Å². The highest BCUT2D eigenvalue weighted by molar-refractivity contribution is 6.33. The van der Waals surface area contributed by atoms with E-state index < -0.39 is 5.60 Å². The average Bonchev–Trinajstić information content (AvgIpc) is 3.01. The fourth-order valence-corrected chi connectivity index (χ4v) is 4.86. The molecule has 3 heterocycles. The molecule has 0 saturated carbocycles. The standard InChI is InChI=1S/C25H32ClN7O2/c1-15-10-16(27)14-32(13-15)23-19(28-4)12-18(26)22(30-23)29-17-6-7-20-21(11-17)33(24(34)31(20)5)9-8-25(2,3)35/h6-7,11-12,15-16,35H,8-10,13-14,27H2,1-3,5H3,(H,29,30). The number of piperidine rings is 1. The van der Waals surface area contributed by atoms with Gasteiger partial charge in [0.2, 0.25) is 5.69 Å². The van der Waals surface area contributed by atoms with Gasteiger partial charge >= 0.3 is 5.69 Å². The normalized spacial score (nSPS) is 18.6. The number of hydrogen-bond acceptors (Lipinski definition) is 6. The highest BCUT2D eigenvalue weighted by Crippen LogP contribution is 2.37. The van der Waals surface area contributed by atoms with Crippen LogP contribution in [0, 0.1) is 12.5 Å². The molecule has 1 saturated heterocycles. The van der Waals surface area contributed by atoms with Crippen LogP contribution in [-0.4, -0.2) is 44.0 Å². The molecule has 3 aromatic rings. The number of nitrogens with zero attached hydrogens (tertiary/aromatic N) is 5. The molecule has 1 aliphatic rings. The van der Waals surface area contributed by atoms with Crippen molar-refractivity contribution < 1.29 is 5.11 Å². The SMILES string of the molecule is [C-]#[N+]c1cc(Cl)c(Nc2ccc3c(c2)n(CCC(C)(C)O)c(=O)n3C)nc1N1CC(C)CC(N)C1.